The number of ether oxygens (including phenoxy) is 1. The van der Waals surface area contributed by atoms with Gasteiger partial charge in [-0.15, -0.1) is 0 Å². The minimum absolute atomic E-state index is 0.0389. The molecule has 0 bridgehead atoms. The topological polar surface area (TPSA) is 41.6 Å². The highest BCUT2D eigenvalue weighted by Gasteiger charge is 2.06. The van der Waals surface area contributed by atoms with Crippen molar-refractivity contribution in [2.45, 2.75) is 33.6 Å². The molecule has 1 rings (SSSR count). The van der Waals surface area contributed by atoms with E-state index in [-0.39, 0.29) is 6.03 Å². The number of carbonyl (C=O) groups is 1. The number of rotatable bonds is 7. The molecule has 112 valence electrons. The lowest BCUT2D eigenvalue weighted by Gasteiger charge is -2.17. The second-order valence-corrected chi connectivity index (χ2v) is 5.12. The van der Waals surface area contributed by atoms with Gasteiger partial charge in [0.2, 0.25) is 0 Å². The predicted octanol–water partition coefficient (Wildman–Crippen LogP) is 3.12. The summed E-state index contributed by atoms with van der Waals surface area (Å²) < 4.78 is 5.70. The van der Waals surface area contributed by atoms with Gasteiger partial charge in [-0.1, -0.05) is 25.5 Å². The van der Waals surface area contributed by atoms with Crippen LogP contribution in [-0.2, 0) is 0 Å². The quantitative estimate of drug-likeness (QED) is 0.779. The second-order valence-electron chi connectivity index (χ2n) is 5.12. The Balaban J connectivity index is 2.27. The van der Waals surface area contributed by atoms with Crippen LogP contribution >= 0.6 is 0 Å². The van der Waals surface area contributed by atoms with Gasteiger partial charge in [-0.25, -0.2) is 4.79 Å². The molecule has 0 saturated carbocycles. The molecule has 4 heteroatoms. The van der Waals surface area contributed by atoms with Gasteiger partial charge in [-0.05, 0) is 37.5 Å². The zero-order valence-corrected chi connectivity index (χ0v) is 13.0. The van der Waals surface area contributed by atoms with Crippen LogP contribution in [0.3, 0.4) is 0 Å². The van der Waals surface area contributed by atoms with E-state index in [0.717, 1.165) is 30.7 Å². The van der Waals surface area contributed by atoms with Gasteiger partial charge in [-0.2, -0.15) is 0 Å². The molecular formula is C16H26N2O2. The van der Waals surface area contributed by atoms with E-state index >= 15 is 0 Å². The van der Waals surface area contributed by atoms with Crippen LogP contribution in [0.25, 0.3) is 0 Å². The van der Waals surface area contributed by atoms with E-state index < -0.39 is 0 Å². The fourth-order valence-electron chi connectivity index (χ4n) is 1.81. The van der Waals surface area contributed by atoms with E-state index in [1.54, 1.807) is 4.90 Å². The van der Waals surface area contributed by atoms with Crippen LogP contribution in [0.4, 0.5) is 4.79 Å². The van der Waals surface area contributed by atoms with Crippen molar-refractivity contribution in [1.82, 2.24) is 10.2 Å². The fraction of sp³-hybridized carbons (Fsp3) is 0.562. The summed E-state index contributed by atoms with van der Waals surface area (Å²) in [5.74, 6) is 0.888. The lowest BCUT2D eigenvalue weighted by atomic mass is 10.1. The molecule has 0 aliphatic heterocycles. The molecule has 0 radical (unpaired) electrons. The normalized spacial score (nSPS) is 10.2. The van der Waals surface area contributed by atoms with Crippen molar-refractivity contribution in [1.29, 1.82) is 0 Å². The second kappa shape index (κ2) is 8.46. The summed E-state index contributed by atoms with van der Waals surface area (Å²) in [7, 11) is 1.82. The van der Waals surface area contributed by atoms with Crippen molar-refractivity contribution < 1.29 is 9.53 Å². The first-order chi connectivity index (χ1) is 9.54. The van der Waals surface area contributed by atoms with Gasteiger partial charge in [0.05, 0.1) is 6.54 Å². The largest absolute Gasteiger partial charge is 0.491 e. The maximum absolute atomic E-state index is 11.7. The predicted molar refractivity (Wildman–Crippen MR) is 82.3 cm³/mol. The molecule has 1 aromatic rings. The first kappa shape index (κ1) is 16.3. The Morgan fingerprint density at radius 2 is 2.10 bits per heavy atom. The number of benzene rings is 1. The average molecular weight is 278 g/mol. The molecule has 0 unspecified atom stereocenters. The van der Waals surface area contributed by atoms with Gasteiger partial charge in [0.1, 0.15) is 12.4 Å². The molecule has 1 aromatic carbocycles. The molecule has 20 heavy (non-hydrogen) atoms. The zero-order chi connectivity index (χ0) is 15.0. The van der Waals surface area contributed by atoms with E-state index in [9.17, 15) is 4.79 Å². The molecule has 0 saturated heterocycles. The third kappa shape index (κ3) is 5.51. The Hall–Kier alpha value is -1.71. The average Bonchev–Trinajstić information content (AvgIpc) is 2.44. The molecule has 2 amide bonds. The van der Waals surface area contributed by atoms with Crippen LogP contribution < -0.4 is 10.1 Å². The SMILES string of the molecule is CCCCN(C)C(=O)NCCOc1cc(C)ccc1C. The number of urea groups is 1. The molecule has 0 atom stereocenters. The summed E-state index contributed by atoms with van der Waals surface area (Å²) in [6.45, 7) is 7.97. The Labute approximate surface area is 122 Å². The van der Waals surface area contributed by atoms with Gasteiger partial charge >= 0.3 is 6.03 Å². The van der Waals surface area contributed by atoms with Crippen LogP contribution in [-0.4, -0.2) is 37.7 Å². The summed E-state index contributed by atoms with van der Waals surface area (Å²) in [6, 6.07) is 6.09. The number of carbonyl (C=O) groups excluding carboxylic acids is 1. The maximum Gasteiger partial charge on any atom is 0.317 e. The molecule has 0 spiro atoms. The van der Waals surface area contributed by atoms with E-state index in [1.165, 1.54) is 5.56 Å². The Morgan fingerprint density at radius 3 is 2.80 bits per heavy atom. The molecule has 0 aromatic heterocycles. The molecule has 1 N–H and O–H groups in total. The zero-order valence-electron chi connectivity index (χ0n) is 13.0. The third-order valence-corrected chi connectivity index (χ3v) is 3.17. The van der Waals surface area contributed by atoms with Crippen molar-refractivity contribution >= 4 is 6.03 Å². The smallest absolute Gasteiger partial charge is 0.317 e. The highest BCUT2D eigenvalue weighted by Crippen LogP contribution is 2.18. The van der Waals surface area contributed by atoms with E-state index in [2.05, 4.69) is 18.3 Å². The van der Waals surface area contributed by atoms with Crippen LogP contribution in [0.5, 0.6) is 5.75 Å². The number of unbranched alkanes of at least 4 members (excludes halogenated alkanes) is 1. The van der Waals surface area contributed by atoms with E-state index in [4.69, 9.17) is 4.74 Å². The van der Waals surface area contributed by atoms with Gasteiger partial charge in [-0.3, -0.25) is 0 Å². The molecular weight excluding hydrogens is 252 g/mol. The summed E-state index contributed by atoms with van der Waals surface area (Å²) in [4.78, 5) is 13.5. The van der Waals surface area contributed by atoms with Crippen LogP contribution in [0.1, 0.15) is 30.9 Å². The molecule has 0 heterocycles. The lowest BCUT2D eigenvalue weighted by molar-refractivity contribution is 0.204. The Bertz CT molecular complexity index is 432. The molecule has 4 nitrogen and oxygen atoms in total. The third-order valence-electron chi connectivity index (χ3n) is 3.17. The summed E-state index contributed by atoms with van der Waals surface area (Å²) in [6.07, 6.45) is 2.12. The van der Waals surface area contributed by atoms with Gasteiger partial charge in [0.15, 0.2) is 0 Å². The number of aryl methyl sites for hydroxylation is 2. The van der Waals surface area contributed by atoms with Gasteiger partial charge in [0, 0.05) is 13.6 Å². The van der Waals surface area contributed by atoms with E-state index in [1.807, 2.05) is 33.0 Å². The number of hydrogen-bond donors (Lipinski definition) is 1. The monoisotopic (exact) mass is 278 g/mol. The number of amides is 2. The minimum atomic E-state index is -0.0389. The Morgan fingerprint density at radius 1 is 1.35 bits per heavy atom. The summed E-state index contributed by atoms with van der Waals surface area (Å²) in [5, 5.41) is 2.86. The van der Waals surface area contributed by atoms with Gasteiger partial charge in [0.25, 0.3) is 0 Å². The first-order valence-corrected chi connectivity index (χ1v) is 7.23. The lowest BCUT2D eigenvalue weighted by Crippen LogP contribution is -2.39. The van der Waals surface area contributed by atoms with Crippen molar-refractivity contribution in [2.24, 2.45) is 0 Å². The number of nitrogens with one attached hydrogen (secondary N) is 1. The standard InChI is InChI=1S/C16H26N2O2/c1-5-6-10-18(4)16(19)17-9-11-20-15-12-13(2)7-8-14(15)3/h7-8,12H,5-6,9-11H2,1-4H3,(H,17,19). The molecule has 0 aliphatic rings. The number of nitrogens with zero attached hydrogens (tertiary/aromatic N) is 1. The van der Waals surface area contributed by atoms with Crippen molar-refractivity contribution in [3.8, 4) is 5.75 Å². The van der Waals surface area contributed by atoms with Crippen molar-refractivity contribution in [2.75, 3.05) is 26.7 Å². The molecule has 0 fully saturated rings. The fourth-order valence-corrected chi connectivity index (χ4v) is 1.81. The highest BCUT2D eigenvalue weighted by atomic mass is 16.5. The summed E-state index contributed by atoms with van der Waals surface area (Å²) in [5.41, 5.74) is 2.29. The summed E-state index contributed by atoms with van der Waals surface area (Å²) >= 11 is 0. The maximum atomic E-state index is 11.7. The van der Waals surface area contributed by atoms with Crippen LogP contribution in [0.15, 0.2) is 18.2 Å². The van der Waals surface area contributed by atoms with Crippen molar-refractivity contribution in [3.63, 3.8) is 0 Å². The Kier molecular flexibility index (Phi) is 6.91. The van der Waals surface area contributed by atoms with Gasteiger partial charge < -0.3 is 15.0 Å². The van der Waals surface area contributed by atoms with Crippen molar-refractivity contribution in [3.05, 3.63) is 29.3 Å². The number of hydrogen-bond acceptors (Lipinski definition) is 2. The highest BCUT2D eigenvalue weighted by molar-refractivity contribution is 5.73. The minimum Gasteiger partial charge on any atom is -0.491 e. The first-order valence-electron chi connectivity index (χ1n) is 7.23. The molecule has 0 aliphatic carbocycles. The van der Waals surface area contributed by atoms with Crippen LogP contribution in [0, 0.1) is 13.8 Å². The van der Waals surface area contributed by atoms with Crippen LogP contribution in [0.2, 0.25) is 0 Å². The van der Waals surface area contributed by atoms with E-state index in [0.29, 0.717) is 13.2 Å².